The van der Waals surface area contributed by atoms with Gasteiger partial charge in [0.15, 0.2) is 11.7 Å². The summed E-state index contributed by atoms with van der Waals surface area (Å²) in [6, 6.07) is 6.09. The number of hydrazine groups is 1. The van der Waals surface area contributed by atoms with Gasteiger partial charge in [-0.05, 0) is 17.1 Å². The Balaban J connectivity index is 2.30. The lowest BCUT2D eigenvalue weighted by Crippen LogP contribution is -2.41. The molecule has 90 valence electrons. The molecule has 0 aromatic heterocycles. The third-order valence-electron chi connectivity index (χ3n) is 2.47. The quantitative estimate of drug-likeness (QED) is 0.248. The van der Waals surface area contributed by atoms with Crippen molar-refractivity contribution in [1.82, 2.24) is 9.91 Å². The van der Waals surface area contributed by atoms with E-state index in [1.165, 1.54) is 18.3 Å². The largest absolute Gasteiger partial charge is 0.269 e. The zero-order valence-corrected chi connectivity index (χ0v) is 8.94. The Morgan fingerprint density at radius 3 is 2.17 bits per heavy atom. The monoisotopic (exact) mass is 246 g/mol. The van der Waals surface area contributed by atoms with Gasteiger partial charge < -0.3 is 0 Å². The molecule has 0 fully saturated rings. The number of carbonyl (C=O) groups is 2. The van der Waals surface area contributed by atoms with E-state index in [9.17, 15) is 19.7 Å². The van der Waals surface area contributed by atoms with E-state index in [2.05, 4.69) is 0 Å². The van der Waals surface area contributed by atoms with Gasteiger partial charge in [-0.15, -0.1) is 0 Å². The maximum atomic E-state index is 11.8. The molecule has 8 nitrogen and oxygen atoms in total. The highest BCUT2D eigenvalue weighted by molar-refractivity contribution is 6.21. The van der Waals surface area contributed by atoms with Crippen molar-refractivity contribution in [3.05, 3.63) is 45.5 Å². The number of nitriles is 1. The average molecular weight is 246 g/mol. The molecule has 0 bridgehead atoms. The molecular weight excluding hydrogens is 240 g/mol. The van der Waals surface area contributed by atoms with Crippen molar-refractivity contribution < 1.29 is 14.6 Å². The molecule has 8 heteroatoms. The average Bonchev–Trinajstić information content (AvgIpc) is 2.60. The second-order valence-electron chi connectivity index (χ2n) is 3.46. The van der Waals surface area contributed by atoms with E-state index in [1.807, 2.05) is 0 Å². The molecule has 2 amide bonds. The van der Waals surface area contributed by atoms with Gasteiger partial charge in [-0.25, -0.2) is 15.0 Å². The van der Waals surface area contributed by atoms with E-state index in [0.29, 0.717) is 4.90 Å². The summed E-state index contributed by atoms with van der Waals surface area (Å²) < 4.78 is 0. The fourth-order valence-corrected chi connectivity index (χ4v) is 1.62. The molecule has 0 atom stereocenters. The van der Waals surface area contributed by atoms with E-state index < -0.39 is 23.5 Å². The van der Waals surface area contributed by atoms with Gasteiger partial charge in [-0.1, -0.05) is 12.1 Å². The van der Waals surface area contributed by atoms with Gasteiger partial charge in [0.05, 0.1) is 11.1 Å². The van der Waals surface area contributed by atoms with Crippen LogP contribution in [0.15, 0.2) is 24.3 Å². The van der Waals surface area contributed by atoms with Crippen LogP contribution in [-0.2, 0) is 0 Å². The third kappa shape index (κ3) is 1.63. The molecule has 1 aliphatic heterocycles. The lowest BCUT2D eigenvalue weighted by atomic mass is 10.1. The van der Waals surface area contributed by atoms with E-state index >= 15 is 0 Å². The van der Waals surface area contributed by atoms with E-state index in [4.69, 9.17) is 5.26 Å². The Labute approximate surface area is 101 Å². The summed E-state index contributed by atoms with van der Waals surface area (Å²) in [5.41, 5.74) is 0.368. The van der Waals surface area contributed by atoms with Gasteiger partial charge in [0, 0.05) is 0 Å². The molecular formula is C10H6N4O4. The van der Waals surface area contributed by atoms with Crippen LogP contribution < -0.4 is 0 Å². The summed E-state index contributed by atoms with van der Waals surface area (Å²) in [5.74, 6) is -1.28. The molecule has 1 aliphatic rings. The topological polar surface area (TPSA) is 108 Å². The Morgan fingerprint density at radius 2 is 1.78 bits per heavy atom. The maximum absolute atomic E-state index is 11.8. The van der Waals surface area contributed by atoms with Crippen LogP contribution in [-0.4, -0.2) is 33.4 Å². The highest BCUT2D eigenvalue weighted by Gasteiger charge is 2.38. The minimum Gasteiger partial charge on any atom is -0.269 e. The number of nitrogens with zero attached hydrogens (tertiary/aromatic N) is 4. The van der Waals surface area contributed by atoms with Crippen LogP contribution in [0.5, 0.6) is 0 Å². The predicted octanol–water partition coefficient (Wildman–Crippen LogP) is 0.215. The summed E-state index contributed by atoms with van der Waals surface area (Å²) in [6.45, 7) is -0.699. The van der Waals surface area contributed by atoms with Crippen molar-refractivity contribution in [3.8, 4) is 6.19 Å². The lowest BCUT2D eigenvalue weighted by molar-refractivity contribution is -0.638. The van der Waals surface area contributed by atoms with Crippen LogP contribution in [0, 0.1) is 21.6 Å². The van der Waals surface area contributed by atoms with E-state index in [-0.39, 0.29) is 16.1 Å². The Hall–Kier alpha value is -2.95. The molecule has 1 aromatic rings. The number of fused-ring (bicyclic) bond motifs is 1. The molecule has 2 rings (SSSR count). The number of carbonyl (C=O) groups excluding carboxylic acids is 2. The molecule has 0 aliphatic carbocycles. The Bertz CT molecular complexity index is 557. The van der Waals surface area contributed by atoms with Crippen molar-refractivity contribution >= 4 is 11.8 Å². The smallest absolute Gasteiger partial charge is 0.263 e. The normalized spacial score (nSPS) is 13.2. The lowest BCUT2D eigenvalue weighted by Gasteiger charge is -2.14. The molecule has 0 spiro atoms. The number of imide groups is 1. The number of rotatable bonds is 3. The number of benzene rings is 1. The first kappa shape index (κ1) is 11.5. The standard InChI is InChI=1S/C10H6N4O4/c11-5-12(14(17)18)6-13-9(15)7-3-1-2-4-8(7)10(13)16/h1-4H,6H2. The summed E-state index contributed by atoms with van der Waals surface area (Å²) in [4.78, 5) is 34.8. The van der Waals surface area contributed by atoms with Gasteiger partial charge in [-0.3, -0.25) is 9.59 Å². The Morgan fingerprint density at radius 1 is 1.28 bits per heavy atom. The maximum Gasteiger partial charge on any atom is 0.263 e. The second kappa shape index (κ2) is 4.14. The van der Waals surface area contributed by atoms with E-state index in [1.54, 1.807) is 12.1 Å². The van der Waals surface area contributed by atoms with E-state index in [0.717, 1.165) is 0 Å². The summed E-state index contributed by atoms with van der Waals surface area (Å²) in [5, 5.41) is 18.1. The molecule has 18 heavy (non-hydrogen) atoms. The van der Waals surface area contributed by atoms with Gasteiger partial charge >= 0.3 is 0 Å². The van der Waals surface area contributed by atoms with Crippen molar-refractivity contribution in [1.29, 1.82) is 5.26 Å². The minimum atomic E-state index is -0.983. The fraction of sp³-hybridized carbons (Fsp3) is 0.100. The minimum absolute atomic E-state index is 0.113. The molecule has 0 saturated carbocycles. The van der Waals surface area contributed by atoms with Crippen LogP contribution in [0.25, 0.3) is 0 Å². The summed E-state index contributed by atoms with van der Waals surface area (Å²) in [7, 11) is 0. The first-order valence-corrected chi connectivity index (χ1v) is 4.83. The zero-order valence-electron chi connectivity index (χ0n) is 8.94. The van der Waals surface area contributed by atoms with Gasteiger partial charge in [0.1, 0.15) is 0 Å². The number of amides is 2. The molecule has 1 heterocycles. The molecule has 0 radical (unpaired) electrons. The van der Waals surface area contributed by atoms with Gasteiger partial charge in [0.2, 0.25) is 6.19 Å². The van der Waals surface area contributed by atoms with Crippen LogP contribution in [0.1, 0.15) is 20.7 Å². The first-order valence-electron chi connectivity index (χ1n) is 4.83. The molecule has 0 unspecified atom stereocenters. The molecule has 1 aromatic carbocycles. The van der Waals surface area contributed by atoms with Gasteiger partial charge in [0.25, 0.3) is 11.8 Å². The van der Waals surface area contributed by atoms with Crippen LogP contribution in [0.4, 0.5) is 0 Å². The predicted molar refractivity (Wildman–Crippen MR) is 56.3 cm³/mol. The molecule has 0 N–H and O–H groups in total. The first-order chi connectivity index (χ1) is 8.56. The Kier molecular flexibility index (Phi) is 2.65. The summed E-state index contributed by atoms with van der Waals surface area (Å²) in [6.07, 6.45) is 1.28. The molecule has 0 saturated heterocycles. The van der Waals surface area contributed by atoms with Gasteiger partial charge in [-0.2, -0.15) is 5.26 Å². The van der Waals surface area contributed by atoms with Crippen LogP contribution >= 0.6 is 0 Å². The number of nitro groups is 1. The van der Waals surface area contributed by atoms with Crippen molar-refractivity contribution in [2.45, 2.75) is 0 Å². The van der Waals surface area contributed by atoms with Crippen molar-refractivity contribution in [3.63, 3.8) is 0 Å². The van der Waals surface area contributed by atoms with Crippen molar-refractivity contribution in [2.24, 2.45) is 0 Å². The van der Waals surface area contributed by atoms with Crippen molar-refractivity contribution in [2.75, 3.05) is 6.67 Å². The highest BCUT2D eigenvalue weighted by atomic mass is 16.7. The number of hydrogen-bond acceptors (Lipinski definition) is 5. The summed E-state index contributed by atoms with van der Waals surface area (Å²) >= 11 is 0. The third-order valence-corrected chi connectivity index (χ3v) is 2.47. The fourth-order valence-electron chi connectivity index (χ4n) is 1.62. The van der Waals surface area contributed by atoms with Crippen LogP contribution in [0.2, 0.25) is 0 Å². The van der Waals surface area contributed by atoms with Crippen LogP contribution in [0.3, 0.4) is 0 Å². The second-order valence-corrected chi connectivity index (χ2v) is 3.46. The SMILES string of the molecule is N#CN(CN1C(=O)c2ccccc2C1=O)[N+](=O)[O-]. The highest BCUT2D eigenvalue weighted by Crippen LogP contribution is 2.22. The number of hydrogen-bond donors (Lipinski definition) is 0. The zero-order chi connectivity index (χ0) is 13.3.